The molecule has 0 unspecified atom stereocenters. The van der Waals surface area contributed by atoms with Crippen LogP contribution in [0.4, 0.5) is 11.6 Å². The first kappa shape index (κ1) is 19.1. The third-order valence-corrected chi connectivity index (χ3v) is 5.54. The Morgan fingerprint density at radius 2 is 1.48 bits per heavy atom. The Labute approximate surface area is 171 Å². The number of aromatic nitrogens is 2. The summed E-state index contributed by atoms with van der Waals surface area (Å²) in [5, 5.41) is 11.6. The van der Waals surface area contributed by atoms with Crippen LogP contribution in [0.1, 0.15) is 36.8 Å². The Hall–Kier alpha value is -3.21. The van der Waals surface area contributed by atoms with E-state index in [1.54, 1.807) is 0 Å². The first-order valence-corrected chi connectivity index (χ1v) is 10.2. The monoisotopic (exact) mass is 386 g/mol. The van der Waals surface area contributed by atoms with E-state index < -0.39 is 5.92 Å². The van der Waals surface area contributed by atoms with Crippen molar-refractivity contribution in [2.45, 2.75) is 25.7 Å². The molecule has 29 heavy (non-hydrogen) atoms. The van der Waals surface area contributed by atoms with Crippen molar-refractivity contribution in [3.63, 3.8) is 0 Å². The number of anilines is 2. The summed E-state index contributed by atoms with van der Waals surface area (Å²) in [5.41, 5.74) is 1.89. The Morgan fingerprint density at radius 3 is 2.00 bits per heavy atom. The highest BCUT2D eigenvalue weighted by atomic mass is 16.2. The van der Waals surface area contributed by atoms with Crippen molar-refractivity contribution in [3.8, 4) is 0 Å². The van der Waals surface area contributed by atoms with E-state index in [0.717, 1.165) is 36.0 Å². The van der Waals surface area contributed by atoms with Crippen LogP contribution in [0.25, 0.3) is 0 Å². The highest BCUT2D eigenvalue weighted by Crippen LogP contribution is 2.26. The molecular formula is C24H26N4O. The maximum atomic E-state index is 13.1. The van der Waals surface area contributed by atoms with Crippen LogP contribution >= 0.6 is 0 Å². The van der Waals surface area contributed by atoms with Gasteiger partial charge in [0.05, 0.1) is 5.92 Å². The normalized spacial score (nSPS) is 14.8. The quantitative estimate of drug-likeness (QED) is 0.702. The van der Waals surface area contributed by atoms with Crippen molar-refractivity contribution in [1.29, 1.82) is 0 Å². The molecule has 5 nitrogen and oxygen atoms in total. The van der Waals surface area contributed by atoms with Crippen molar-refractivity contribution in [2.24, 2.45) is 5.92 Å². The first-order chi connectivity index (χ1) is 14.2. The summed E-state index contributed by atoms with van der Waals surface area (Å²) in [6, 6.07) is 23.4. The summed E-state index contributed by atoms with van der Waals surface area (Å²) in [6.45, 7) is 4.30. The minimum atomic E-state index is -0.401. The molecule has 148 valence electrons. The van der Waals surface area contributed by atoms with Gasteiger partial charge in [0.15, 0.2) is 11.6 Å². The van der Waals surface area contributed by atoms with Crippen molar-refractivity contribution in [2.75, 3.05) is 23.3 Å². The largest absolute Gasteiger partial charge is 0.355 e. The van der Waals surface area contributed by atoms with Crippen molar-refractivity contribution in [1.82, 2.24) is 10.2 Å². The lowest BCUT2D eigenvalue weighted by molar-refractivity contribution is -0.116. The molecular weight excluding hydrogens is 360 g/mol. The maximum absolute atomic E-state index is 13.1. The van der Waals surface area contributed by atoms with E-state index in [4.69, 9.17) is 0 Å². The summed E-state index contributed by atoms with van der Waals surface area (Å²) in [7, 11) is 0. The summed E-state index contributed by atoms with van der Waals surface area (Å²) >= 11 is 0. The topological polar surface area (TPSA) is 58.1 Å². The molecule has 0 radical (unpaired) electrons. The average molecular weight is 386 g/mol. The molecule has 2 aromatic carbocycles. The predicted octanol–water partition coefficient (Wildman–Crippen LogP) is 4.48. The number of carbonyl (C=O) groups excluding carboxylic acids is 1. The molecule has 0 aliphatic carbocycles. The maximum Gasteiger partial charge on any atom is 0.237 e. The van der Waals surface area contributed by atoms with E-state index in [0.29, 0.717) is 5.82 Å². The second-order valence-corrected chi connectivity index (χ2v) is 7.69. The van der Waals surface area contributed by atoms with Gasteiger partial charge in [-0.05, 0) is 42.0 Å². The summed E-state index contributed by atoms with van der Waals surface area (Å²) in [6.07, 6.45) is 2.35. The number of hydrogen-bond donors (Lipinski definition) is 1. The average Bonchev–Trinajstić information content (AvgIpc) is 2.77. The van der Waals surface area contributed by atoms with Crippen LogP contribution in [-0.4, -0.2) is 29.2 Å². The Balaban J connectivity index is 1.50. The van der Waals surface area contributed by atoms with Gasteiger partial charge < -0.3 is 10.2 Å². The fourth-order valence-electron chi connectivity index (χ4n) is 3.78. The second-order valence-electron chi connectivity index (χ2n) is 7.69. The van der Waals surface area contributed by atoms with E-state index in [-0.39, 0.29) is 5.91 Å². The second kappa shape index (κ2) is 8.86. The van der Waals surface area contributed by atoms with Gasteiger partial charge in [-0.1, -0.05) is 67.6 Å². The molecule has 0 bridgehead atoms. The van der Waals surface area contributed by atoms with Gasteiger partial charge in [-0.3, -0.25) is 4.79 Å². The number of nitrogens with zero attached hydrogens (tertiary/aromatic N) is 3. The lowest BCUT2D eigenvalue weighted by Gasteiger charge is -2.30. The summed E-state index contributed by atoms with van der Waals surface area (Å²) in [5.74, 6) is 1.60. The number of rotatable bonds is 5. The Bertz CT molecular complexity index is 881. The van der Waals surface area contributed by atoms with Crippen LogP contribution in [0.15, 0.2) is 72.8 Å². The molecule has 1 aliphatic rings. The number of amides is 1. The number of hydrogen-bond acceptors (Lipinski definition) is 4. The van der Waals surface area contributed by atoms with E-state index in [2.05, 4.69) is 27.3 Å². The highest BCUT2D eigenvalue weighted by Gasteiger charge is 2.23. The van der Waals surface area contributed by atoms with E-state index in [1.165, 1.54) is 12.8 Å². The van der Waals surface area contributed by atoms with Gasteiger partial charge in [0.1, 0.15) is 0 Å². The van der Waals surface area contributed by atoms with Crippen molar-refractivity contribution in [3.05, 3.63) is 83.9 Å². The molecule has 1 amide bonds. The minimum Gasteiger partial charge on any atom is -0.355 e. The molecule has 0 atom stereocenters. The first-order valence-electron chi connectivity index (χ1n) is 10.2. The smallest absolute Gasteiger partial charge is 0.237 e. The molecule has 5 heteroatoms. The van der Waals surface area contributed by atoms with Gasteiger partial charge in [-0.25, -0.2) is 0 Å². The van der Waals surface area contributed by atoms with Crippen LogP contribution in [0.5, 0.6) is 0 Å². The molecule has 3 aromatic rings. The number of nitrogens with one attached hydrogen (secondary N) is 1. The van der Waals surface area contributed by atoms with Gasteiger partial charge in [-0.2, -0.15) is 0 Å². The molecule has 0 spiro atoms. The van der Waals surface area contributed by atoms with Gasteiger partial charge in [-0.15, -0.1) is 10.2 Å². The third-order valence-electron chi connectivity index (χ3n) is 5.54. The number of benzene rings is 2. The van der Waals surface area contributed by atoms with Crippen LogP contribution < -0.4 is 10.2 Å². The molecule has 1 fully saturated rings. The molecule has 2 heterocycles. The van der Waals surface area contributed by atoms with E-state index in [9.17, 15) is 4.79 Å². The number of carbonyl (C=O) groups is 1. The fourth-order valence-corrected chi connectivity index (χ4v) is 3.78. The highest BCUT2D eigenvalue weighted by molar-refractivity contribution is 5.97. The van der Waals surface area contributed by atoms with E-state index >= 15 is 0 Å². The molecule has 1 aromatic heterocycles. The third kappa shape index (κ3) is 4.62. The van der Waals surface area contributed by atoms with Gasteiger partial charge in [0.25, 0.3) is 0 Å². The molecule has 1 saturated heterocycles. The lowest BCUT2D eigenvalue weighted by atomic mass is 9.90. The van der Waals surface area contributed by atoms with Crippen LogP contribution in [0.2, 0.25) is 0 Å². The zero-order valence-corrected chi connectivity index (χ0v) is 16.7. The molecule has 0 saturated carbocycles. The molecule has 1 N–H and O–H groups in total. The van der Waals surface area contributed by atoms with Crippen LogP contribution in [0.3, 0.4) is 0 Å². The zero-order chi connectivity index (χ0) is 20.1. The van der Waals surface area contributed by atoms with Gasteiger partial charge >= 0.3 is 0 Å². The minimum absolute atomic E-state index is 0.115. The standard InChI is InChI=1S/C24H26N4O/c1-18-14-16-28(17-15-18)22-13-12-21(26-27-22)25-24(29)23(19-8-4-2-5-9-19)20-10-6-3-7-11-20/h2-13,18,23H,14-17H2,1H3,(H,25,26,29). The SMILES string of the molecule is CC1CCN(c2ccc(NC(=O)C(c3ccccc3)c3ccccc3)nn2)CC1. The fraction of sp³-hybridized carbons (Fsp3) is 0.292. The lowest BCUT2D eigenvalue weighted by Crippen LogP contribution is -2.33. The molecule has 4 rings (SSSR count). The number of piperidine rings is 1. The van der Waals surface area contributed by atoms with Crippen LogP contribution in [0, 0.1) is 5.92 Å². The summed E-state index contributed by atoms with van der Waals surface area (Å²) in [4.78, 5) is 15.4. The van der Waals surface area contributed by atoms with Crippen LogP contribution in [-0.2, 0) is 4.79 Å². The Kier molecular flexibility index (Phi) is 5.84. The molecule has 1 aliphatic heterocycles. The summed E-state index contributed by atoms with van der Waals surface area (Å²) < 4.78 is 0. The van der Waals surface area contributed by atoms with E-state index in [1.807, 2.05) is 72.8 Å². The van der Waals surface area contributed by atoms with Crippen molar-refractivity contribution >= 4 is 17.5 Å². The van der Waals surface area contributed by atoms with Gasteiger partial charge in [0, 0.05) is 13.1 Å². The van der Waals surface area contributed by atoms with Gasteiger partial charge in [0.2, 0.25) is 5.91 Å². The zero-order valence-electron chi connectivity index (χ0n) is 16.7. The predicted molar refractivity (Wildman–Crippen MR) is 116 cm³/mol. The Morgan fingerprint density at radius 1 is 0.897 bits per heavy atom. The van der Waals surface area contributed by atoms with Crippen molar-refractivity contribution < 1.29 is 4.79 Å².